The van der Waals surface area contributed by atoms with Crippen LogP contribution in [0.2, 0.25) is 0 Å². The molecule has 0 radical (unpaired) electrons. The third-order valence-electron chi connectivity index (χ3n) is 2.57. The summed E-state index contributed by atoms with van der Waals surface area (Å²) in [5.74, 6) is 0. The Hall–Kier alpha value is -2.14. The highest BCUT2D eigenvalue weighted by Crippen LogP contribution is 2.33. The molecule has 0 spiro atoms. The zero-order valence-electron chi connectivity index (χ0n) is 12.2. The van der Waals surface area contributed by atoms with E-state index in [4.69, 9.17) is 4.74 Å². The maximum Gasteiger partial charge on any atom is 0.412 e. The fourth-order valence-corrected chi connectivity index (χ4v) is 2.64. The Kier molecular flexibility index (Phi) is 4.43. The number of carbonyl (C=O) groups is 2. The number of anilines is 1. The molecule has 1 heterocycles. The van der Waals surface area contributed by atoms with Gasteiger partial charge in [-0.1, -0.05) is 18.2 Å². The van der Waals surface area contributed by atoms with Crippen LogP contribution in [-0.2, 0) is 4.74 Å². The Labute approximate surface area is 127 Å². The van der Waals surface area contributed by atoms with Crippen molar-refractivity contribution in [1.82, 2.24) is 0 Å². The highest BCUT2D eigenvalue weighted by molar-refractivity contribution is 7.17. The van der Waals surface area contributed by atoms with E-state index >= 15 is 0 Å². The first-order valence-electron chi connectivity index (χ1n) is 6.53. The van der Waals surface area contributed by atoms with Crippen molar-refractivity contribution in [2.75, 3.05) is 5.32 Å². The molecule has 2 rings (SSSR count). The number of hydrogen-bond donors (Lipinski definition) is 1. The molecule has 110 valence electrons. The fraction of sp³-hybridized carbons (Fsp3) is 0.250. The number of nitrogens with one attached hydrogen (secondary N) is 1. The Morgan fingerprint density at radius 3 is 2.52 bits per heavy atom. The van der Waals surface area contributed by atoms with E-state index in [0.717, 1.165) is 16.7 Å². The molecule has 0 fully saturated rings. The van der Waals surface area contributed by atoms with Gasteiger partial charge in [0.1, 0.15) is 5.60 Å². The highest BCUT2D eigenvalue weighted by atomic mass is 32.1. The third-order valence-corrected chi connectivity index (χ3v) is 3.61. The highest BCUT2D eigenvalue weighted by Gasteiger charge is 2.17. The lowest BCUT2D eigenvalue weighted by Crippen LogP contribution is -2.27. The Morgan fingerprint density at radius 2 is 1.90 bits per heavy atom. The molecular formula is C16H17NO3S. The van der Waals surface area contributed by atoms with Crippen molar-refractivity contribution in [2.45, 2.75) is 26.4 Å². The first-order valence-corrected chi connectivity index (χ1v) is 7.35. The normalized spacial score (nSPS) is 11.0. The monoisotopic (exact) mass is 303 g/mol. The van der Waals surface area contributed by atoms with Gasteiger partial charge in [0, 0.05) is 10.4 Å². The molecule has 1 aromatic heterocycles. The van der Waals surface area contributed by atoms with Crippen LogP contribution in [0.15, 0.2) is 36.4 Å². The van der Waals surface area contributed by atoms with Gasteiger partial charge in [0.15, 0.2) is 6.29 Å². The van der Waals surface area contributed by atoms with Crippen LogP contribution < -0.4 is 5.32 Å². The molecule has 1 aromatic carbocycles. The minimum Gasteiger partial charge on any atom is -0.444 e. The summed E-state index contributed by atoms with van der Waals surface area (Å²) in [4.78, 5) is 24.2. The van der Waals surface area contributed by atoms with Gasteiger partial charge in [0.25, 0.3) is 0 Å². The van der Waals surface area contributed by atoms with Crippen LogP contribution in [0.4, 0.5) is 10.5 Å². The zero-order chi connectivity index (χ0) is 15.5. The average molecular weight is 303 g/mol. The lowest BCUT2D eigenvalue weighted by atomic mass is 10.1. The second-order valence-corrected chi connectivity index (χ2v) is 6.61. The predicted octanol–water partition coefficient (Wildman–Crippen LogP) is 4.57. The Morgan fingerprint density at radius 1 is 1.19 bits per heavy atom. The molecule has 21 heavy (non-hydrogen) atoms. The molecule has 0 saturated carbocycles. The van der Waals surface area contributed by atoms with Crippen molar-refractivity contribution in [3.05, 3.63) is 41.3 Å². The van der Waals surface area contributed by atoms with E-state index in [1.54, 1.807) is 12.1 Å². The molecular weight excluding hydrogens is 286 g/mol. The number of rotatable bonds is 3. The van der Waals surface area contributed by atoms with Crippen molar-refractivity contribution in [2.24, 2.45) is 0 Å². The number of thiophene rings is 1. The molecule has 4 nitrogen and oxygen atoms in total. The Balaban J connectivity index is 2.25. The summed E-state index contributed by atoms with van der Waals surface area (Å²) in [6.07, 6.45) is 0.319. The molecule has 0 atom stereocenters. The van der Waals surface area contributed by atoms with E-state index in [1.165, 1.54) is 11.3 Å². The largest absolute Gasteiger partial charge is 0.444 e. The minimum absolute atomic E-state index is 0.498. The molecule has 0 unspecified atom stereocenters. The molecule has 0 bridgehead atoms. The number of benzene rings is 1. The number of amides is 1. The van der Waals surface area contributed by atoms with Gasteiger partial charge in [-0.3, -0.25) is 10.1 Å². The number of carbonyl (C=O) groups excluding carboxylic acids is 2. The second-order valence-electron chi connectivity index (χ2n) is 5.49. The second kappa shape index (κ2) is 6.10. The lowest BCUT2D eigenvalue weighted by Gasteiger charge is -2.20. The molecule has 0 aliphatic heterocycles. The van der Waals surface area contributed by atoms with E-state index in [2.05, 4.69) is 5.32 Å². The maximum absolute atomic E-state index is 11.9. The van der Waals surface area contributed by atoms with Crippen LogP contribution in [0.3, 0.4) is 0 Å². The van der Waals surface area contributed by atoms with E-state index in [0.29, 0.717) is 10.6 Å². The summed E-state index contributed by atoms with van der Waals surface area (Å²) >= 11 is 1.38. The van der Waals surface area contributed by atoms with Crippen molar-refractivity contribution >= 4 is 29.4 Å². The summed E-state index contributed by atoms with van der Waals surface area (Å²) in [7, 11) is 0. The fourth-order valence-electron chi connectivity index (χ4n) is 1.78. The Bertz CT molecular complexity index is 656. The SMILES string of the molecule is CC(C)(C)OC(=O)Nc1ccccc1-c1ccc(C=O)s1. The van der Waals surface area contributed by atoms with Gasteiger partial charge < -0.3 is 4.74 Å². The van der Waals surface area contributed by atoms with Gasteiger partial charge in [-0.2, -0.15) is 0 Å². The van der Waals surface area contributed by atoms with Gasteiger partial charge in [-0.05, 0) is 39.0 Å². The first kappa shape index (κ1) is 15.3. The van der Waals surface area contributed by atoms with Crippen molar-refractivity contribution in [3.63, 3.8) is 0 Å². The molecule has 0 aliphatic carbocycles. The third kappa shape index (κ3) is 4.16. The molecule has 1 N–H and O–H groups in total. The number of hydrogen-bond acceptors (Lipinski definition) is 4. The summed E-state index contributed by atoms with van der Waals surface area (Å²) in [6, 6.07) is 11.0. The number of para-hydroxylation sites is 1. The van der Waals surface area contributed by atoms with E-state index < -0.39 is 11.7 Å². The summed E-state index contributed by atoms with van der Waals surface area (Å²) in [5, 5.41) is 2.75. The van der Waals surface area contributed by atoms with Gasteiger partial charge in [-0.25, -0.2) is 4.79 Å². The molecule has 2 aromatic rings. The van der Waals surface area contributed by atoms with Crippen LogP contribution in [0.5, 0.6) is 0 Å². The summed E-state index contributed by atoms with van der Waals surface area (Å²) in [5.41, 5.74) is 0.972. The topological polar surface area (TPSA) is 55.4 Å². The lowest BCUT2D eigenvalue weighted by molar-refractivity contribution is 0.0636. The van der Waals surface area contributed by atoms with Crippen LogP contribution in [-0.4, -0.2) is 18.0 Å². The quantitative estimate of drug-likeness (QED) is 0.845. The van der Waals surface area contributed by atoms with E-state index in [1.807, 2.05) is 45.0 Å². The van der Waals surface area contributed by atoms with Crippen molar-refractivity contribution < 1.29 is 14.3 Å². The van der Waals surface area contributed by atoms with Gasteiger partial charge in [0.05, 0.1) is 10.6 Å². The molecule has 5 heteroatoms. The van der Waals surface area contributed by atoms with Crippen molar-refractivity contribution in [3.8, 4) is 10.4 Å². The van der Waals surface area contributed by atoms with Crippen molar-refractivity contribution in [1.29, 1.82) is 0 Å². The van der Waals surface area contributed by atoms with E-state index in [9.17, 15) is 9.59 Å². The van der Waals surface area contributed by atoms with Crippen LogP contribution in [0, 0.1) is 0 Å². The average Bonchev–Trinajstić information content (AvgIpc) is 2.85. The smallest absolute Gasteiger partial charge is 0.412 e. The van der Waals surface area contributed by atoms with Gasteiger partial charge in [-0.15, -0.1) is 11.3 Å². The minimum atomic E-state index is -0.549. The van der Waals surface area contributed by atoms with Gasteiger partial charge >= 0.3 is 6.09 Å². The van der Waals surface area contributed by atoms with Crippen LogP contribution in [0.25, 0.3) is 10.4 Å². The zero-order valence-corrected chi connectivity index (χ0v) is 13.0. The molecule has 0 aliphatic rings. The number of ether oxygens (including phenoxy) is 1. The standard InChI is InChI=1S/C16H17NO3S/c1-16(2,3)20-15(19)17-13-7-5-4-6-12(13)14-9-8-11(10-18)21-14/h4-10H,1-3H3,(H,17,19). The van der Waals surface area contributed by atoms with Crippen LogP contribution >= 0.6 is 11.3 Å². The maximum atomic E-state index is 11.9. The van der Waals surface area contributed by atoms with Crippen LogP contribution in [0.1, 0.15) is 30.4 Å². The van der Waals surface area contributed by atoms with E-state index in [-0.39, 0.29) is 0 Å². The molecule has 1 amide bonds. The summed E-state index contributed by atoms with van der Waals surface area (Å²) in [6.45, 7) is 5.44. The predicted molar refractivity (Wildman–Crippen MR) is 85.0 cm³/mol. The number of aldehydes is 1. The van der Waals surface area contributed by atoms with Gasteiger partial charge in [0.2, 0.25) is 0 Å². The summed E-state index contributed by atoms with van der Waals surface area (Å²) < 4.78 is 5.26. The molecule has 0 saturated heterocycles. The first-order chi connectivity index (χ1) is 9.89.